The molecule has 5 heteroatoms. The molecule has 0 radical (unpaired) electrons. The average Bonchev–Trinajstić information content (AvgIpc) is 2.87. The highest BCUT2D eigenvalue weighted by Crippen LogP contribution is 2.32. The summed E-state index contributed by atoms with van der Waals surface area (Å²) >= 11 is 11.9. The smallest absolute Gasteiger partial charge is 0.138 e. The fourth-order valence-electron chi connectivity index (χ4n) is 2.51. The lowest BCUT2D eigenvalue weighted by atomic mass is 10.1. The summed E-state index contributed by atoms with van der Waals surface area (Å²) in [7, 11) is 0. The molecule has 1 unspecified atom stereocenters. The largest absolute Gasteiger partial charge is 0.506 e. The summed E-state index contributed by atoms with van der Waals surface area (Å²) in [5, 5.41) is 14.4. The Labute approximate surface area is 124 Å². The Morgan fingerprint density at radius 3 is 2.84 bits per heavy atom. The van der Waals surface area contributed by atoms with Crippen molar-refractivity contribution in [3.05, 3.63) is 27.7 Å². The van der Waals surface area contributed by atoms with Crippen LogP contribution in [-0.4, -0.2) is 35.7 Å². The van der Waals surface area contributed by atoms with E-state index >= 15 is 0 Å². The van der Waals surface area contributed by atoms with Crippen LogP contribution in [0.2, 0.25) is 10.0 Å². The van der Waals surface area contributed by atoms with Crippen molar-refractivity contribution in [3.63, 3.8) is 0 Å². The highest BCUT2D eigenvalue weighted by atomic mass is 35.5. The van der Waals surface area contributed by atoms with Gasteiger partial charge < -0.3 is 10.4 Å². The molecule has 0 spiro atoms. The van der Waals surface area contributed by atoms with Gasteiger partial charge in [0.2, 0.25) is 0 Å². The van der Waals surface area contributed by atoms with Crippen LogP contribution in [0.3, 0.4) is 0 Å². The summed E-state index contributed by atoms with van der Waals surface area (Å²) in [6, 6.07) is 3.90. The van der Waals surface area contributed by atoms with E-state index in [2.05, 4.69) is 17.1 Å². The third kappa shape index (κ3) is 3.99. The third-order valence-electron chi connectivity index (χ3n) is 3.59. The first kappa shape index (κ1) is 14.9. The van der Waals surface area contributed by atoms with Gasteiger partial charge in [-0.3, -0.25) is 4.90 Å². The zero-order chi connectivity index (χ0) is 13.8. The van der Waals surface area contributed by atoms with Crippen molar-refractivity contribution in [1.82, 2.24) is 10.2 Å². The molecule has 19 heavy (non-hydrogen) atoms. The lowest BCUT2D eigenvalue weighted by Gasteiger charge is -2.24. The SMILES string of the molecule is CCN(Cc1cc(Cl)cc(Cl)c1O)CC1CCCN1. The molecule has 1 aromatic rings. The van der Waals surface area contributed by atoms with E-state index in [4.69, 9.17) is 23.2 Å². The van der Waals surface area contributed by atoms with Crippen molar-refractivity contribution in [1.29, 1.82) is 0 Å². The van der Waals surface area contributed by atoms with Gasteiger partial charge in [0.1, 0.15) is 5.75 Å². The topological polar surface area (TPSA) is 35.5 Å². The van der Waals surface area contributed by atoms with Gasteiger partial charge >= 0.3 is 0 Å². The first-order chi connectivity index (χ1) is 9.10. The van der Waals surface area contributed by atoms with Crippen molar-refractivity contribution >= 4 is 23.2 Å². The van der Waals surface area contributed by atoms with Crippen LogP contribution in [0.1, 0.15) is 25.3 Å². The van der Waals surface area contributed by atoms with Crippen molar-refractivity contribution < 1.29 is 5.11 Å². The molecule has 1 aliphatic heterocycles. The minimum absolute atomic E-state index is 0.142. The molecule has 1 aromatic carbocycles. The number of phenolic OH excluding ortho intramolecular Hbond substituents is 1. The van der Waals surface area contributed by atoms with Gasteiger partial charge in [-0.15, -0.1) is 0 Å². The predicted octanol–water partition coefficient (Wildman–Crippen LogP) is 3.27. The van der Waals surface area contributed by atoms with Gasteiger partial charge in [-0.1, -0.05) is 30.1 Å². The number of halogens is 2. The molecular formula is C14H20Cl2N2O. The van der Waals surface area contributed by atoms with Crippen molar-refractivity contribution in [2.75, 3.05) is 19.6 Å². The average molecular weight is 303 g/mol. The van der Waals surface area contributed by atoms with E-state index in [1.165, 1.54) is 12.8 Å². The molecule has 2 N–H and O–H groups in total. The first-order valence-electron chi connectivity index (χ1n) is 6.72. The van der Waals surface area contributed by atoms with Crippen LogP contribution >= 0.6 is 23.2 Å². The van der Waals surface area contributed by atoms with Crippen LogP contribution < -0.4 is 5.32 Å². The predicted molar refractivity (Wildman–Crippen MR) is 80.1 cm³/mol. The van der Waals surface area contributed by atoms with Gasteiger partial charge in [-0.05, 0) is 38.1 Å². The van der Waals surface area contributed by atoms with Gasteiger partial charge in [0.25, 0.3) is 0 Å². The summed E-state index contributed by atoms with van der Waals surface area (Å²) in [6.07, 6.45) is 2.47. The monoisotopic (exact) mass is 302 g/mol. The number of likely N-dealkylation sites (N-methyl/N-ethyl adjacent to an activating group) is 1. The van der Waals surface area contributed by atoms with Gasteiger partial charge in [-0.25, -0.2) is 0 Å². The number of hydrogen-bond donors (Lipinski definition) is 2. The Balaban J connectivity index is 2.04. The van der Waals surface area contributed by atoms with E-state index in [0.29, 0.717) is 22.6 Å². The summed E-state index contributed by atoms with van der Waals surface area (Å²) in [5.41, 5.74) is 0.789. The molecule has 1 saturated heterocycles. The van der Waals surface area contributed by atoms with E-state index in [-0.39, 0.29) is 5.75 Å². The molecule has 1 heterocycles. The zero-order valence-corrected chi connectivity index (χ0v) is 12.6. The molecule has 1 atom stereocenters. The van der Waals surface area contributed by atoms with Crippen molar-refractivity contribution in [2.24, 2.45) is 0 Å². The van der Waals surface area contributed by atoms with E-state index in [9.17, 15) is 5.11 Å². The Bertz CT molecular complexity index is 434. The Kier molecular flexibility index (Phi) is 5.34. The van der Waals surface area contributed by atoms with Crippen molar-refractivity contribution in [3.8, 4) is 5.75 Å². The van der Waals surface area contributed by atoms with Gasteiger partial charge in [0.05, 0.1) is 5.02 Å². The van der Waals surface area contributed by atoms with Gasteiger partial charge in [-0.2, -0.15) is 0 Å². The van der Waals surface area contributed by atoms with Gasteiger partial charge in [0, 0.05) is 29.7 Å². The molecular weight excluding hydrogens is 283 g/mol. The number of hydrogen-bond acceptors (Lipinski definition) is 3. The van der Waals surface area contributed by atoms with E-state index in [0.717, 1.165) is 25.2 Å². The second kappa shape index (κ2) is 6.80. The van der Waals surface area contributed by atoms with Gasteiger partial charge in [0.15, 0.2) is 0 Å². The molecule has 0 aromatic heterocycles. The van der Waals surface area contributed by atoms with Crippen LogP contribution in [0.4, 0.5) is 0 Å². The van der Waals surface area contributed by atoms with E-state index in [1.807, 2.05) is 0 Å². The summed E-state index contributed by atoms with van der Waals surface area (Å²) in [4.78, 5) is 2.30. The molecule has 1 aliphatic rings. The zero-order valence-electron chi connectivity index (χ0n) is 11.1. The molecule has 0 amide bonds. The fraction of sp³-hybridized carbons (Fsp3) is 0.571. The highest BCUT2D eigenvalue weighted by Gasteiger charge is 2.18. The standard InChI is InChI=1S/C14H20Cl2N2O/c1-2-18(9-12-4-3-5-17-12)8-10-6-11(15)7-13(16)14(10)19/h6-7,12,17,19H,2-5,8-9H2,1H3. The summed E-state index contributed by atoms with van der Waals surface area (Å²) in [6.45, 7) is 5.82. The molecule has 0 bridgehead atoms. The molecule has 106 valence electrons. The Hall–Kier alpha value is -0.480. The quantitative estimate of drug-likeness (QED) is 0.876. The lowest BCUT2D eigenvalue weighted by molar-refractivity contribution is 0.250. The Morgan fingerprint density at radius 2 is 2.21 bits per heavy atom. The maximum Gasteiger partial charge on any atom is 0.138 e. The van der Waals surface area contributed by atoms with Crippen LogP contribution in [0, 0.1) is 0 Å². The maximum atomic E-state index is 9.99. The minimum Gasteiger partial charge on any atom is -0.506 e. The third-order valence-corrected chi connectivity index (χ3v) is 4.10. The normalized spacial score (nSPS) is 19.3. The fourth-order valence-corrected chi connectivity index (χ4v) is 3.05. The minimum atomic E-state index is 0.142. The summed E-state index contributed by atoms with van der Waals surface area (Å²) in [5.74, 6) is 0.142. The van der Waals surface area contributed by atoms with Crippen LogP contribution in [0.5, 0.6) is 5.75 Å². The molecule has 2 rings (SSSR count). The van der Waals surface area contributed by atoms with Crippen LogP contribution in [0.25, 0.3) is 0 Å². The molecule has 3 nitrogen and oxygen atoms in total. The number of nitrogens with zero attached hydrogens (tertiary/aromatic N) is 1. The lowest BCUT2D eigenvalue weighted by Crippen LogP contribution is -2.37. The number of benzene rings is 1. The first-order valence-corrected chi connectivity index (χ1v) is 7.48. The number of phenols is 1. The maximum absolute atomic E-state index is 9.99. The van der Waals surface area contributed by atoms with E-state index < -0.39 is 0 Å². The molecule has 1 fully saturated rings. The molecule has 0 saturated carbocycles. The van der Waals surface area contributed by atoms with Crippen LogP contribution in [0.15, 0.2) is 12.1 Å². The number of nitrogens with one attached hydrogen (secondary N) is 1. The Morgan fingerprint density at radius 1 is 1.42 bits per heavy atom. The number of rotatable bonds is 5. The highest BCUT2D eigenvalue weighted by molar-refractivity contribution is 6.35. The van der Waals surface area contributed by atoms with E-state index in [1.54, 1.807) is 12.1 Å². The van der Waals surface area contributed by atoms with Crippen molar-refractivity contribution in [2.45, 2.75) is 32.4 Å². The summed E-state index contributed by atoms with van der Waals surface area (Å²) < 4.78 is 0. The number of aromatic hydroxyl groups is 1. The molecule has 0 aliphatic carbocycles. The second-order valence-electron chi connectivity index (χ2n) is 5.02. The second-order valence-corrected chi connectivity index (χ2v) is 5.86. The van der Waals surface area contributed by atoms with Crippen LogP contribution in [-0.2, 0) is 6.54 Å².